The van der Waals surface area contributed by atoms with Crippen molar-refractivity contribution in [3.63, 3.8) is 0 Å². The Balaban J connectivity index is 3.58. The lowest BCUT2D eigenvalue weighted by Crippen LogP contribution is -2.28. The van der Waals surface area contributed by atoms with E-state index in [1.807, 2.05) is 0 Å². The van der Waals surface area contributed by atoms with Gasteiger partial charge in [0.25, 0.3) is 0 Å². The maximum Gasteiger partial charge on any atom is 0.0616 e. The molecule has 2 atom stereocenters. The minimum Gasteiger partial charge on any atom is -0.396 e. The molecule has 0 fully saturated rings. The average Bonchev–Trinajstić information content (AvgIpc) is 2.09. The van der Waals surface area contributed by atoms with Crippen LogP contribution >= 0.6 is 0 Å². The number of rotatable bonds is 9. The highest BCUT2D eigenvalue weighted by Gasteiger charge is 2.20. The summed E-state index contributed by atoms with van der Waals surface area (Å²) in [5.41, 5.74) is -0.893. The van der Waals surface area contributed by atoms with Crippen LogP contribution in [0.4, 0.5) is 0 Å². The molecule has 0 saturated heterocycles. The summed E-state index contributed by atoms with van der Waals surface area (Å²) in [4.78, 5) is 0. The van der Waals surface area contributed by atoms with Gasteiger partial charge in [0.2, 0.25) is 0 Å². The normalized spacial score (nSPS) is 16.1. The quantitative estimate of drug-likeness (QED) is 0.445. The molecule has 4 heteroatoms. The predicted molar refractivity (Wildman–Crippen MR) is 63.1 cm³/mol. The van der Waals surface area contributed by atoms with Gasteiger partial charge in [-0.2, -0.15) is 0 Å². The first-order chi connectivity index (χ1) is 7.35. The molecule has 4 N–H and O–H groups in total. The van der Waals surface area contributed by atoms with E-state index in [1.54, 1.807) is 13.8 Å². The molecule has 0 saturated carbocycles. The van der Waals surface area contributed by atoms with Crippen LogP contribution in [0.15, 0.2) is 0 Å². The standard InChI is InChI=1S/C12H26O4/c1-12(2,16)9-11(15)8-10(14)6-4-3-5-7-13/h10-11,13-16H,3-9H2,1-2H3. The lowest BCUT2D eigenvalue weighted by molar-refractivity contribution is -0.00258. The first-order valence-corrected chi connectivity index (χ1v) is 6.04. The molecular weight excluding hydrogens is 208 g/mol. The van der Waals surface area contributed by atoms with Crippen LogP contribution < -0.4 is 0 Å². The van der Waals surface area contributed by atoms with Crippen LogP contribution in [-0.2, 0) is 0 Å². The minimum absolute atomic E-state index is 0.192. The van der Waals surface area contributed by atoms with E-state index in [0.717, 1.165) is 19.3 Å². The Hall–Kier alpha value is -0.160. The monoisotopic (exact) mass is 234 g/mol. The molecule has 2 unspecified atom stereocenters. The molecule has 0 bridgehead atoms. The van der Waals surface area contributed by atoms with E-state index >= 15 is 0 Å². The highest BCUT2D eigenvalue weighted by Crippen LogP contribution is 2.16. The Bertz CT molecular complexity index is 165. The summed E-state index contributed by atoms with van der Waals surface area (Å²) in [6.07, 6.45) is 2.57. The molecule has 0 rings (SSSR count). The Kier molecular flexibility index (Phi) is 7.93. The summed E-state index contributed by atoms with van der Waals surface area (Å²) < 4.78 is 0. The number of aliphatic hydroxyl groups is 4. The van der Waals surface area contributed by atoms with Gasteiger partial charge in [0.15, 0.2) is 0 Å². The van der Waals surface area contributed by atoms with Crippen molar-refractivity contribution in [2.24, 2.45) is 0 Å². The summed E-state index contributed by atoms with van der Waals surface area (Å²) in [5, 5.41) is 37.3. The van der Waals surface area contributed by atoms with Gasteiger partial charge < -0.3 is 20.4 Å². The number of hydrogen-bond donors (Lipinski definition) is 4. The van der Waals surface area contributed by atoms with Crippen molar-refractivity contribution in [3.8, 4) is 0 Å². The zero-order valence-electron chi connectivity index (χ0n) is 10.4. The fourth-order valence-electron chi connectivity index (χ4n) is 1.76. The number of hydrogen-bond acceptors (Lipinski definition) is 4. The Morgan fingerprint density at radius 1 is 1.00 bits per heavy atom. The summed E-state index contributed by atoms with van der Waals surface area (Å²) in [5.74, 6) is 0. The molecule has 0 aliphatic heterocycles. The second-order valence-electron chi connectivity index (χ2n) is 5.13. The van der Waals surface area contributed by atoms with Crippen molar-refractivity contribution in [1.29, 1.82) is 0 Å². The van der Waals surface area contributed by atoms with Gasteiger partial charge in [-0.3, -0.25) is 0 Å². The molecule has 0 heterocycles. The third kappa shape index (κ3) is 10.4. The van der Waals surface area contributed by atoms with E-state index in [4.69, 9.17) is 5.11 Å². The van der Waals surface area contributed by atoms with Gasteiger partial charge in [-0.25, -0.2) is 0 Å². The van der Waals surface area contributed by atoms with Crippen LogP contribution in [0.2, 0.25) is 0 Å². The highest BCUT2D eigenvalue weighted by atomic mass is 16.3. The maximum atomic E-state index is 9.61. The van der Waals surface area contributed by atoms with Gasteiger partial charge in [0.05, 0.1) is 17.8 Å². The summed E-state index contributed by atoms with van der Waals surface area (Å²) >= 11 is 0. The van der Waals surface area contributed by atoms with Crippen LogP contribution in [0.3, 0.4) is 0 Å². The molecule has 0 radical (unpaired) electrons. The molecule has 16 heavy (non-hydrogen) atoms. The van der Waals surface area contributed by atoms with Gasteiger partial charge in [0, 0.05) is 13.0 Å². The second kappa shape index (κ2) is 8.01. The SMILES string of the molecule is CC(C)(O)CC(O)CC(O)CCCCCO. The largest absolute Gasteiger partial charge is 0.396 e. The fourth-order valence-corrected chi connectivity index (χ4v) is 1.76. The summed E-state index contributed by atoms with van der Waals surface area (Å²) in [7, 11) is 0. The first kappa shape index (κ1) is 15.8. The van der Waals surface area contributed by atoms with Gasteiger partial charge in [-0.05, 0) is 33.1 Å². The molecular formula is C12H26O4. The van der Waals surface area contributed by atoms with Crippen LogP contribution in [0.25, 0.3) is 0 Å². The van der Waals surface area contributed by atoms with E-state index in [2.05, 4.69) is 0 Å². The van der Waals surface area contributed by atoms with Gasteiger partial charge in [0.1, 0.15) is 0 Å². The van der Waals surface area contributed by atoms with Gasteiger partial charge in [-0.1, -0.05) is 12.8 Å². The van der Waals surface area contributed by atoms with Crippen LogP contribution in [0.5, 0.6) is 0 Å². The first-order valence-electron chi connectivity index (χ1n) is 6.04. The zero-order chi connectivity index (χ0) is 12.6. The molecule has 0 aliphatic carbocycles. The molecule has 0 aromatic heterocycles. The van der Waals surface area contributed by atoms with Crippen molar-refractivity contribution in [2.45, 2.75) is 70.2 Å². The van der Waals surface area contributed by atoms with E-state index < -0.39 is 17.8 Å². The van der Waals surface area contributed by atoms with E-state index in [0.29, 0.717) is 12.8 Å². The van der Waals surface area contributed by atoms with Crippen LogP contribution in [-0.4, -0.2) is 44.8 Å². The van der Waals surface area contributed by atoms with Crippen molar-refractivity contribution in [3.05, 3.63) is 0 Å². The molecule has 0 aliphatic rings. The van der Waals surface area contributed by atoms with Crippen molar-refractivity contribution in [1.82, 2.24) is 0 Å². The van der Waals surface area contributed by atoms with Crippen molar-refractivity contribution >= 4 is 0 Å². The van der Waals surface area contributed by atoms with Crippen LogP contribution in [0, 0.1) is 0 Å². The molecule has 0 spiro atoms. The number of aliphatic hydroxyl groups excluding tert-OH is 3. The number of unbranched alkanes of at least 4 members (excludes halogenated alkanes) is 2. The topological polar surface area (TPSA) is 80.9 Å². The summed E-state index contributed by atoms with van der Waals surface area (Å²) in [6, 6.07) is 0. The third-order valence-corrected chi connectivity index (χ3v) is 2.47. The van der Waals surface area contributed by atoms with E-state index in [1.165, 1.54) is 0 Å². The Morgan fingerprint density at radius 2 is 1.62 bits per heavy atom. The molecule has 0 aromatic rings. The van der Waals surface area contributed by atoms with Gasteiger partial charge >= 0.3 is 0 Å². The fraction of sp³-hybridized carbons (Fsp3) is 1.00. The predicted octanol–water partition coefficient (Wildman–Crippen LogP) is 0.812. The Morgan fingerprint density at radius 3 is 2.12 bits per heavy atom. The van der Waals surface area contributed by atoms with Crippen molar-refractivity contribution in [2.75, 3.05) is 6.61 Å². The molecule has 98 valence electrons. The maximum absolute atomic E-state index is 9.61. The van der Waals surface area contributed by atoms with E-state index in [9.17, 15) is 15.3 Å². The third-order valence-electron chi connectivity index (χ3n) is 2.47. The van der Waals surface area contributed by atoms with Crippen LogP contribution in [0.1, 0.15) is 52.4 Å². The Labute approximate surface area is 97.9 Å². The molecule has 0 aromatic carbocycles. The molecule has 4 nitrogen and oxygen atoms in total. The second-order valence-corrected chi connectivity index (χ2v) is 5.13. The highest BCUT2D eigenvalue weighted by molar-refractivity contribution is 4.73. The van der Waals surface area contributed by atoms with Gasteiger partial charge in [-0.15, -0.1) is 0 Å². The minimum atomic E-state index is -0.893. The lowest BCUT2D eigenvalue weighted by atomic mass is 9.96. The zero-order valence-corrected chi connectivity index (χ0v) is 10.4. The average molecular weight is 234 g/mol. The van der Waals surface area contributed by atoms with E-state index in [-0.39, 0.29) is 13.0 Å². The molecule has 0 amide bonds. The van der Waals surface area contributed by atoms with Crippen molar-refractivity contribution < 1.29 is 20.4 Å². The smallest absolute Gasteiger partial charge is 0.0616 e. The summed E-state index contributed by atoms with van der Waals surface area (Å²) in [6.45, 7) is 3.48. The lowest BCUT2D eigenvalue weighted by Gasteiger charge is -2.22.